The van der Waals surface area contributed by atoms with Crippen molar-refractivity contribution in [1.82, 2.24) is 0 Å². The third-order valence-corrected chi connectivity index (χ3v) is 5.53. The Kier molecular flexibility index (Phi) is 6.05. The van der Waals surface area contributed by atoms with Crippen LogP contribution in [0.1, 0.15) is 44.1 Å². The number of hydrogen-bond acceptors (Lipinski definition) is 3. The highest BCUT2D eigenvalue weighted by molar-refractivity contribution is 7.85. The summed E-state index contributed by atoms with van der Waals surface area (Å²) in [5.41, 5.74) is 6.54. The van der Waals surface area contributed by atoms with Gasteiger partial charge in [-0.1, -0.05) is 19.3 Å². The Morgan fingerprint density at radius 3 is 2.65 bits per heavy atom. The molecule has 0 radical (unpaired) electrons. The highest BCUT2D eigenvalue weighted by Crippen LogP contribution is 2.27. The molecule has 1 atom stereocenters. The van der Waals surface area contributed by atoms with E-state index in [1.54, 1.807) is 12.1 Å². The molecule has 1 aromatic rings. The van der Waals surface area contributed by atoms with Crippen molar-refractivity contribution >= 4 is 10.8 Å². The zero-order chi connectivity index (χ0) is 14.4. The summed E-state index contributed by atoms with van der Waals surface area (Å²) < 4.78 is 12.5. The van der Waals surface area contributed by atoms with Gasteiger partial charge < -0.3 is 10.8 Å². The zero-order valence-corrected chi connectivity index (χ0v) is 12.8. The number of aryl methyl sites for hydroxylation is 1. The van der Waals surface area contributed by atoms with Crippen LogP contribution in [-0.4, -0.2) is 21.6 Å². The predicted molar refractivity (Wildman–Crippen MR) is 83.3 cm³/mol. The van der Waals surface area contributed by atoms with Gasteiger partial charge in [0.1, 0.15) is 5.75 Å². The number of nitrogens with two attached hydrogens (primary N) is 1. The summed E-state index contributed by atoms with van der Waals surface area (Å²) >= 11 is 0. The first-order chi connectivity index (χ1) is 9.69. The van der Waals surface area contributed by atoms with Crippen LogP contribution in [-0.2, 0) is 17.2 Å². The molecule has 1 aliphatic rings. The van der Waals surface area contributed by atoms with Gasteiger partial charge in [0.15, 0.2) is 0 Å². The third-order valence-electron chi connectivity index (χ3n) is 4.00. The Bertz CT molecular complexity index is 456. The van der Waals surface area contributed by atoms with Gasteiger partial charge in [-0.2, -0.15) is 0 Å². The van der Waals surface area contributed by atoms with Crippen molar-refractivity contribution in [1.29, 1.82) is 0 Å². The average molecular weight is 295 g/mol. The molecule has 1 saturated carbocycles. The van der Waals surface area contributed by atoms with Crippen molar-refractivity contribution < 1.29 is 9.32 Å². The number of rotatable bonds is 6. The largest absolute Gasteiger partial charge is 0.508 e. The standard InChI is InChI=1S/C16H25NO2S/c17-8-4-7-14-9-15(18)11-16(10-14)20(19)12-13-5-2-1-3-6-13/h9-11,13,18H,1-8,12,17H2. The number of aromatic hydroxyl groups is 1. The van der Waals surface area contributed by atoms with E-state index in [0.29, 0.717) is 12.5 Å². The summed E-state index contributed by atoms with van der Waals surface area (Å²) in [6.07, 6.45) is 7.97. The van der Waals surface area contributed by atoms with Crippen LogP contribution < -0.4 is 5.73 Å². The zero-order valence-electron chi connectivity index (χ0n) is 12.0. The smallest absolute Gasteiger partial charge is 0.117 e. The quantitative estimate of drug-likeness (QED) is 0.848. The molecule has 0 saturated heterocycles. The molecule has 0 aromatic heterocycles. The van der Waals surface area contributed by atoms with Crippen LogP contribution in [0.3, 0.4) is 0 Å². The van der Waals surface area contributed by atoms with Gasteiger partial charge in [-0.15, -0.1) is 0 Å². The lowest BCUT2D eigenvalue weighted by Gasteiger charge is -2.21. The van der Waals surface area contributed by atoms with E-state index < -0.39 is 10.8 Å². The van der Waals surface area contributed by atoms with Crippen LogP contribution >= 0.6 is 0 Å². The van der Waals surface area contributed by atoms with E-state index in [0.717, 1.165) is 29.1 Å². The fourth-order valence-electron chi connectivity index (χ4n) is 2.89. The topological polar surface area (TPSA) is 63.3 Å². The molecule has 3 N–H and O–H groups in total. The van der Waals surface area contributed by atoms with Gasteiger partial charge in [0.05, 0.1) is 10.8 Å². The molecule has 20 heavy (non-hydrogen) atoms. The van der Waals surface area contributed by atoms with Gasteiger partial charge in [-0.25, -0.2) is 0 Å². The number of benzene rings is 1. The van der Waals surface area contributed by atoms with Crippen molar-refractivity contribution in [2.45, 2.75) is 49.8 Å². The lowest BCUT2D eigenvalue weighted by Crippen LogP contribution is -2.14. The maximum absolute atomic E-state index is 12.5. The van der Waals surface area contributed by atoms with Crippen molar-refractivity contribution in [2.24, 2.45) is 11.7 Å². The second-order valence-corrected chi connectivity index (χ2v) is 7.24. The van der Waals surface area contributed by atoms with E-state index in [4.69, 9.17) is 5.73 Å². The summed E-state index contributed by atoms with van der Waals surface area (Å²) in [6, 6.07) is 5.36. The summed E-state index contributed by atoms with van der Waals surface area (Å²) in [7, 11) is -0.998. The van der Waals surface area contributed by atoms with Crippen LogP contribution in [0.2, 0.25) is 0 Å². The van der Waals surface area contributed by atoms with Crippen LogP contribution in [0.4, 0.5) is 0 Å². The van der Waals surface area contributed by atoms with Crippen LogP contribution in [0.25, 0.3) is 0 Å². The van der Waals surface area contributed by atoms with E-state index in [1.807, 2.05) is 6.07 Å². The Hall–Kier alpha value is -0.870. The summed E-state index contributed by atoms with van der Waals surface area (Å²) in [6.45, 7) is 0.635. The van der Waals surface area contributed by atoms with E-state index in [-0.39, 0.29) is 5.75 Å². The van der Waals surface area contributed by atoms with Crippen molar-refractivity contribution in [2.75, 3.05) is 12.3 Å². The molecule has 4 heteroatoms. The molecule has 0 heterocycles. The van der Waals surface area contributed by atoms with Gasteiger partial charge in [0, 0.05) is 10.6 Å². The van der Waals surface area contributed by atoms with E-state index >= 15 is 0 Å². The minimum Gasteiger partial charge on any atom is -0.508 e. The molecule has 1 unspecified atom stereocenters. The molecule has 112 valence electrons. The minimum absolute atomic E-state index is 0.214. The van der Waals surface area contributed by atoms with Crippen LogP contribution in [0, 0.1) is 5.92 Å². The monoisotopic (exact) mass is 295 g/mol. The predicted octanol–water partition coefficient (Wildman–Crippen LogP) is 2.97. The van der Waals surface area contributed by atoms with E-state index in [9.17, 15) is 9.32 Å². The molecule has 1 aromatic carbocycles. The molecule has 0 amide bonds. The normalized spacial score (nSPS) is 18.1. The first kappa shape index (κ1) is 15.5. The molecule has 1 fully saturated rings. The van der Waals surface area contributed by atoms with Crippen molar-refractivity contribution in [3.8, 4) is 5.75 Å². The second-order valence-electron chi connectivity index (χ2n) is 5.74. The minimum atomic E-state index is -0.998. The summed E-state index contributed by atoms with van der Waals surface area (Å²) in [5.74, 6) is 1.53. The van der Waals surface area contributed by atoms with Crippen LogP contribution in [0.15, 0.2) is 23.1 Å². The maximum atomic E-state index is 12.5. The highest BCUT2D eigenvalue weighted by Gasteiger charge is 2.17. The Morgan fingerprint density at radius 2 is 1.95 bits per heavy atom. The van der Waals surface area contributed by atoms with Gasteiger partial charge >= 0.3 is 0 Å². The first-order valence-electron chi connectivity index (χ1n) is 7.60. The first-order valence-corrected chi connectivity index (χ1v) is 8.92. The highest BCUT2D eigenvalue weighted by atomic mass is 32.2. The number of phenolic OH excluding ortho intramolecular Hbond substituents is 1. The SMILES string of the molecule is NCCCc1cc(O)cc(S(=O)CC2CCCCC2)c1. The molecule has 0 spiro atoms. The van der Waals surface area contributed by atoms with E-state index in [2.05, 4.69) is 0 Å². The summed E-state index contributed by atoms with van der Waals surface area (Å²) in [4.78, 5) is 0.766. The average Bonchev–Trinajstić information content (AvgIpc) is 2.45. The fraction of sp³-hybridized carbons (Fsp3) is 0.625. The van der Waals surface area contributed by atoms with Gasteiger partial charge in [0.2, 0.25) is 0 Å². The maximum Gasteiger partial charge on any atom is 0.117 e. The van der Waals surface area contributed by atoms with Crippen molar-refractivity contribution in [3.63, 3.8) is 0 Å². The van der Waals surface area contributed by atoms with E-state index in [1.165, 1.54) is 32.1 Å². The Morgan fingerprint density at radius 1 is 1.20 bits per heavy atom. The molecular formula is C16H25NO2S. The Labute approximate surface area is 124 Å². The molecule has 1 aliphatic carbocycles. The molecular weight excluding hydrogens is 270 g/mol. The van der Waals surface area contributed by atoms with Crippen LogP contribution in [0.5, 0.6) is 5.75 Å². The molecule has 3 nitrogen and oxygen atoms in total. The van der Waals surface area contributed by atoms with Gasteiger partial charge in [-0.05, 0) is 61.9 Å². The number of phenols is 1. The van der Waals surface area contributed by atoms with Gasteiger partial charge in [0.25, 0.3) is 0 Å². The molecule has 0 bridgehead atoms. The lowest BCUT2D eigenvalue weighted by atomic mass is 9.91. The third kappa shape index (κ3) is 4.60. The Balaban J connectivity index is 2.02. The number of hydrogen-bond donors (Lipinski definition) is 2. The molecule has 0 aliphatic heterocycles. The molecule has 2 rings (SSSR count). The van der Waals surface area contributed by atoms with Crippen molar-refractivity contribution in [3.05, 3.63) is 23.8 Å². The lowest BCUT2D eigenvalue weighted by molar-refractivity contribution is 0.388. The van der Waals surface area contributed by atoms with Gasteiger partial charge in [-0.3, -0.25) is 4.21 Å². The second kappa shape index (κ2) is 7.79. The summed E-state index contributed by atoms with van der Waals surface area (Å²) in [5, 5.41) is 9.78. The fourth-order valence-corrected chi connectivity index (χ4v) is 4.38.